The number of carbonyl (C=O) groups is 1. The molecule has 0 atom stereocenters. The summed E-state index contributed by atoms with van der Waals surface area (Å²) in [6, 6.07) is 9.62. The summed E-state index contributed by atoms with van der Waals surface area (Å²) >= 11 is 1.27. The van der Waals surface area contributed by atoms with Crippen LogP contribution in [0.15, 0.2) is 30.3 Å². The number of Topliss-reactive ketones (excluding diaryl/α,β-unsaturated/α-hetero) is 1. The van der Waals surface area contributed by atoms with E-state index in [0.717, 1.165) is 5.69 Å². The molecule has 0 spiro atoms. The molecule has 2 aromatic rings. The van der Waals surface area contributed by atoms with Gasteiger partial charge < -0.3 is 11.1 Å². The predicted molar refractivity (Wildman–Crippen MR) is 66.3 cm³/mol. The van der Waals surface area contributed by atoms with Crippen LogP contribution in [0.25, 0.3) is 0 Å². The second-order valence-corrected chi connectivity index (χ2v) is 4.28. The van der Waals surface area contributed by atoms with Crippen LogP contribution in [0.2, 0.25) is 0 Å². The van der Waals surface area contributed by atoms with Crippen LogP contribution in [0, 0.1) is 0 Å². The topological polar surface area (TPSA) is 68.0 Å². The van der Waals surface area contributed by atoms with Crippen LogP contribution in [0.5, 0.6) is 0 Å². The number of rotatable bonds is 3. The monoisotopic (exact) mass is 233 g/mol. The summed E-state index contributed by atoms with van der Waals surface area (Å²) in [5.41, 5.74) is 6.56. The Morgan fingerprint density at radius 3 is 2.62 bits per heavy atom. The third kappa shape index (κ3) is 2.20. The third-order valence-electron chi connectivity index (χ3n) is 2.00. The van der Waals surface area contributed by atoms with Crippen LogP contribution in [0.1, 0.15) is 16.6 Å². The molecule has 0 bridgehead atoms. The van der Waals surface area contributed by atoms with Gasteiger partial charge in [0.25, 0.3) is 0 Å². The largest absolute Gasteiger partial charge is 0.382 e. The van der Waals surface area contributed by atoms with Crippen molar-refractivity contribution < 1.29 is 4.79 Å². The molecule has 0 aliphatic rings. The minimum Gasteiger partial charge on any atom is -0.382 e. The van der Waals surface area contributed by atoms with Gasteiger partial charge in [0.1, 0.15) is 10.7 Å². The molecular weight excluding hydrogens is 222 g/mol. The normalized spacial score (nSPS) is 10.1. The summed E-state index contributed by atoms with van der Waals surface area (Å²) in [6.45, 7) is 1.48. The Morgan fingerprint density at radius 2 is 2.06 bits per heavy atom. The summed E-state index contributed by atoms with van der Waals surface area (Å²) in [5, 5.41) is 3.73. The van der Waals surface area contributed by atoms with E-state index in [1.54, 1.807) is 0 Å². The second-order valence-electron chi connectivity index (χ2n) is 3.28. The van der Waals surface area contributed by atoms with Crippen LogP contribution < -0.4 is 11.1 Å². The van der Waals surface area contributed by atoms with Gasteiger partial charge in [0.15, 0.2) is 10.9 Å². The maximum Gasteiger partial charge on any atom is 0.189 e. The van der Waals surface area contributed by atoms with Crippen molar-refractivity contribution in [1.82, 2.24) is 4.98 Å². The van der Waals surface area contributed by atoms with Crippen molar-refractivity contribution in [2.75, 3.05) is 11.1 Å². The molecule has 2 rings (SSSR count). The molecule has 82 valence electrons. The SMILES string of the molecule is CC(=O)c1sc(Nc2ccccc2)nc1N. The van der Waals surface area contributed by atoms with Gasteiger partial charge in [0.2, 0.25) is 0 Å². The first-order chi connectivity index (χ1) is 7.66. The number of nitrogen functional groups attached to an aromatic ring is 1. The number of hydrogen-bond acceptors (Lipinski definition) is 5. The number of nitrogens with zero attached hydrogens (tertiary/aromatic N) is 1. The first kappa shape index (κ1) is 10.6. The van der Waals surface area contributed by atoms with Gasteiger partial charge in [-0.05, 0) is 12.1 Å². The average Bonchev–Trinajstić information content (AvgIpc) is 2.61. The molecule has 4 nitrogen and oxygen atoms in total. The number of anilines is 3. The van der Waals surface area contributed by atoms with E-state index in [-0.39, 0.29) is 11.6 Å². The van der Waals surface area contributed by atoms with Crippen LogP contribution in [0.4, 0.5) is 16.6 Å². The minimum absolute atomic E-state index is 0.0592. The van der Waals surface area contributed by atoms with Gasteiger partial charge in [-0.3, -0.25) is 4.79 Å². The van der Waals surface area contributed by atoms with E-state index in [9.17, 15) is 4.79 Å². The molecule has 0 unspecified atom stereocenters. The molecule has 0 saturated heterocycles. The minimum atomic E-state index is -0.0592. The standard InChI is InChI=1S/C11H11N3OS/c1-7(15)9-10(12)14-11(16-9)13-8-5-3-2-4-6-8/h2-6H,12H2,1H3,(H,13,14). The van der Waals surface area contributed by atoms with Crippen molar-refractivity contribution in [2.24, 2.45) is 0 Å². The maximum atomic E-state index is 11.2. The van der Waals surface area contributed by atoms with Gasteiger partial charge in [-0.2, -0.15) is 0 Å². The summed E-state index contributed by atoms with van der Waals surface area (Å²) in [6.07, 6.45) is 0. The Hall–Kier alpha value is -1.88. The number of hydrogen-bond donors (Lipinski definition) is 2. The van der Waals surface area contributed by atoms with E-state index in [2.05, 4.69) is 10.3 Å². The molecule has 0 aliphatic carbocycles. The fraction of sp³-hybridized carbons (Fsp3) is 0.0909. The fourth-order valence-corrected chi connectivity index (χ4v) is 2.08. The van der Waals surface area contributed by atoms with E-state index in [1.165, 1.54) is 18.3 Å². The Morgan fingerprint density at radius 1 is 1.38 bits per heavy atom. The lowest BCUT2D eigenvalue weighted by molar-refractivity contribution is 0.102. The van der Waals surface area contributed by atoms with Crippen molar-refractivity contribution in [1.29, 1.82) is 0 Å². The number of nitrogens with one attached hydrogen (secondary N) is 1. The molecular formula is C11H11N3OS. The van der Waals surface area contributed by atoms with Crippen molar-refractivity contribution >= 4 is 33.8 Å². The van der Waals surface area contributed by atoms with E-state index in [4.69, 9.17) is 5.73 Å². The zero-order valence-electron chi connectivity index (χ0n) is 8.73. The van der Waals surface area contributed by atoms with E-state index in [0.29, 0.717) is 10.0 Å². The number of benzene rings is 1. The first-order valence-electron chi connectivity index (χ1n) is 4.76. The van der Waals surface area contributed by atoms with Crippen LogP contribution in [0.3, 0.4) is 0 Å². The molecule has 5 heteroatoms. The molecule has 0 radical (unpaired) electrons. The van der Waals surface area contributed by atoms with E-state index < -0.39 is 0 Å². The smallest absolute Gasteiger partial charge is 0.189 e. The number of carbonyl (C=O) groups excluding carboxylic acids is 1. The van der Waals surface area contributed by atoms with Crippen molar-refractivity contribution in [3.05, 3.63) is 35.2 Å². The van der Waals surface area contributed by atoms with E-state index >= 15 is 0 Å². The first-order valence-corrected chi connectivity index (χ1v) is 5.58. The molecule has 3 N–H and O–H groups in total. The summed E-state index contributed by atoms with van der Waals surface area (Å²) in [5.74, 6) is 0.229. The molecule has 0 fully saturated rings. The molecule has 0 amide bonds. The summed E-state index contributed by atoms with van der Waals surface area (Å²) in [4.78, 5) is 15.8. The highest BCUT2D eigenvalue weighted by molar-refractivity contribution is 7.18. The highest BCUT2D eigenvalue weighted by atomic mass is 32.1. The van der Waals surface area contributed by atoms with Crippen LogP contribution in [-0.2, 0) is 0 Å². The molecule has 0 aliphatic heterocycles. The van der Waals surface area contributed by atoms with Gasteiger partial charge >= 0.3 is 0 Å². The lowest BCUT2D eigenvalue weighted by Crippen LogP contribution is -1.95. The molecule has 16 heavy (non-hydrogen) atoms. The average molecular weight is 233 g/mol. The predicted octanol–water partition coefficient (Wildman–Crippen LogP) is 2.67. The van der Waals surface area contributed by atoms with Gasteiger partial charge in [-0.1, -0.05) is 29.5 Å². The second kappa shape index (κ2) is 4.32. The lowest BCUT2D eigenvalue weighted by atomic mass is 10.3. The lowest BCUT2D eigenvalue weighted by Gasteiger charge is -1.99. The fourth-order valence-electron chi connectivity index (χ4n) is 1.28. The van der Waals surface area contributed by atoms with Gasteiger partial charge in [0, 0.05) is 12.6 Å². The van der Waals surface area contributed by atoms with Crippen LogP contribution in [-0.4, -0.2) is 10.8 Å². The van der Waals surface area contributed by atoms with Gasteiger partial charge in [0.05, 0.1) is 0 Å². The molecule has 1 aromatic carbocycles. The number of nitrogens with two attached hydrogens (primary N) is 1. The summed E-state index contributed by atoms with van der Waals surface area (Å²) in [7, 11) is 0. The van der Waals surface area contributed by atoms with Crippen molar-refractivity contribution in [2.45, 2.75) is 6.92 Å². The molecule has 1 aromatic heterocycles. The third-order valence-corrected chi connectivity index (χ3v) is 3.09. The highest BCUT2D eigenvalue weighted by Crippen LogP contribution is 2.27. The number of aromatic nitrogens is 1. The number of ketones is 1. The zero-order valence-corrected chi connectivity index (χ0v) is 9.54. The van der Waals surface area contributed by atoms with Gasteiger partial charge in [-0.15, -0.1) is 0 Å². The van der Waals surface area contributed by atoms with Crippen molar-refractivity contribution in [3.63, 3.8) is 0 Å². The molecule has 0 saturated carbocycles. The summed E-state index contributed by atoms with van der Waals surface area (Å²) < 4.78 is 0. The molecule has 1 heterocycles. The maximum absolute atomic E-state index is 11.2. The Labute approximate surface area is 97.1 Å². The quantitative estimate of drug-likeness (QED) is 0.800. The Kier molecular flexibility index (Phi) is 2.87. The highest BCUT2D eigenvalue weighted by Gasteiger charge is 2.11. The number of para-hydroxylation sites is 1. The van der Waals surface area contributed by atoms with Gasteiger partial charge in [-0.25, -0.2) is 4.98 Å². The number of thiazole rings is 1. The Bertz CT molecular complexity index is 507. The van der Waals surface area contributed by atoms with Crippen molar-refractivity contribution in [3.8, 4) is 0 Å². The van der Waals surface area contributed by atoms with Crippen LogP contribution >= 0.6 is 11.3 Å². The van der Waals surface area contributed by atoms with E-state index in [1.807, 2.05) is 30.3 Å². The zero-order chi connectivity index (χ0) is 11.5. The Balaban J connectivity index is 2.23.